The Morgan fingerprint density at radius 3 is 2.40 bits per heavy atom. The number of hydrogen-bond donors (Lipinski definition) is 0. The molecule has 3 fully saturated rings. The summed E-state index contributed by atoms with van der Waals surface area (Å²) in [5, 5.41) is 0. The molecule has 0 saturated heterocycles. The summed E-state index contributed by atoms with van der Waals surface area (Å²) in [7, 11) is 1.43. The molecule has 1 N–H and O–H groups in total. The molecule has 8 atom stereocenters. The summed E-state index contributed by atoms with van der Waals surface area (Å²) in [6, 6.07) is 0. The molecule has 0 aromatic heterocycles. The zero-order valence-electron chi connectivity index (χ0n) is 26.9. The highest BCUT2D eigenvalue weighted by Gasteiger charge is 2.63. The molecule has 0 aromatic rings. The fraction of sp³-hybridized carbons (Fsp3) is 0.914. The van der Waals surface area contributed by atoms with Crippen LogP contribution < -0.4 is 0 Å². The second-order valence-corrected chi connectivity index (χ2v) is 15.0. The minimum atomic E-state index is -0.109. The van der Waals surface area contributed by atoms with Gasteiger partial charge in [-0.15, -0.1) is 0 Å². The predicted molar refractivity (Wildman–Crippen MR) is 163 cm³/mol. The molecule has 0 aromatic carbocycles. The van der Waals surface area contributed by atoms with Gasteiger partial charge in [-0.2, -0.15) is 0 Å². The van der Waals surface area contributed by atoms with E-state index in [2.05, 4.69) is 52.4 Å². The summed E-state index contributed by atoms with van der Waals surface area (Å²) in [6.45, 7) is 17.6. The Balaban J connectivity index is 1.29. The lowest BCUT2D eigenvalue weighted by molar-refractivity contribution is -0.118. The Morgan fingerprint density at radius 1 is 0.900 bits per heavy atom. The third-order valence-corrected chi connectivity index (χ3v) is 12.2. The van der Waals surface area contributed by atoms with Crippen LogP contribution in [0.3, 0.4) is 0 Å². The third-order valence-electron chi connectivity index (χ3n) is 12.2. The van der Waals surface area contributed by atoms with Crippen molar-refractivity contribution in [3.63, 3.8) is 0 Å². The van der Waals surface area contributed by atoms with Crippen molar-refractivity contribution < 1.29 is 23.7 Å². The highest BCUT2D eigenvalue weighted by Crippen LogP contribution is 2.72. The van der Waals surface area contributed by atoms with Crippen LogP contribution in [0.4, 0.5) is 0 Å². The van der Waals surface area contributed by atoms with Gasteiger partial charge >= 0.3 is 5.97 Å². The first-order valence-electron chi connectivity index (χ1n) is 16.6. The molecule has 4 aliphatic rings. The molecule has 0 bridgehead atoms. The molecule has 5 nitrogen and oxygen atoms in total. The number of rotatable bonds is 14. The van der Waals surface area contributed by atoms with Gasteiger partial charge in [0.25, 0.3) is 0 Å². The molecule has 0 aliphatic heterocycles. The first-order valence-corrected chi connectivity index (χ1v) is 16.6. The standard InChI is InChI=1S/C35H60O5/c1-25(2)9-8-10-26(3)29-11-12-30-34(29,5)18-15-31-33(4)17-14-28(23-27(33)13-16-35(30,31)6)40-22-21-38-19-20-39-24-32(36)37-7/h13,25-26,28-31H,8-12,14-24H2,1-7H3/p+1/t26-,28+,29-,30-,31-,33+,34-,35+/m1/s1. The van der Waals surface area contributed by atoms with Crippen molar-refractivity contribution in [3.05, 3.63) is 11.6 Å². The molecular formula is C35H61O5+. The number of hydrogen-bond acceptors (Lipinski definition) is 4. The SMILES string of the molecule is COC(=[OH+])COCCOCCO[C@H]1CC[C@@]2(C)C(=CC[C@@]3(C)[C@@H]4CC[C@H]([C@H](C)CCCC(C)C)[C@@]4(C)CC[C@@H]32)C1. The van der Waals surface area contributed by atoms with E-state index in [1.54, 1.807) is 5.57 Å². The normalized spacial score (nSPS) is 37.9. The number of esters is 1. The molecule has 0 amide bonds. The zero-order valence-corrected chi connectivity index (χ0v) is 26.9. The van der Waals surface area contributed by atoms with Gasteiger partial charge in [0.15, 0.2) is 7.11 Å². The van der Waals surface area contributed by atoms with E-state index in [-0.39, 0.29) is 12.6 Å². The Morgan fingerprint density at radius 2 is 1.65 bits per heavy atom. The van der Waals surface area contributed by atoms with Crippen molar-refractivity contribution in [1.82, 2.24) is 0 Å². The predicted octanol–water partition coefficient (Wildman–Crippen LogP) is 7.99. The molecule has 4 aliphatic carbocycles. The minimum absolute atomic E-state index is 0.0878. The molecule has 3 saturated carbocycles. The van der Waals surface area contributed by atoms with Gasteiger partial charge in [-0.25, -0.2) is 0 Å². The van der Waals surface area contributed by atoms with Crippen molar-refractivity contribution >= 4 is 5.97 Å². The molecule has 40 heavy (non-hydrogen) atoms. The van der Waals surface area contributed by atoms with Gasteiger partial charge in [-0.3, -0.25) is 0 Å². The van der Waals surface area contributed by atoms with E-state index in [4.69, 9.17) is 14.2 Å². The minimum Gasteiger partial charge on any atom is -0.377 e. The van der Waals surface area contributed by atoms with E-state index in [1.165, 1.54) is 64.9 Å². The van der Waals surface area contributed by atoms with Crippen LogP contribution in [0.5, 0.6) is 0 Å². The van der Waals surface area contributed by atoms with E-state index in [1.807, 2.05) is 0 Å². The van der Waals surface area contributed by atoms with Gasteiger partial charge in [0.2, 0.25) is 6.61 Å². The maximum absolute atomic E-state index is 9.25. The van der Waals surface area contributed by atoms with Gasteiger partial charge in [0, 0.05) is 0 Å². The molecule has 4 rings (SSSR count). The molecule has 5 heteroatoms. The first-order chi connectivity index (χ1) is 19.0. The highest BCUT2D eigenvalue weighted by atomic mass is 16.6. The Labute approximate surface area is 245 Å². The average Bonchev–Trinajstić information content (AvgIpc) is 3.28. The van der Waals surface area contributed by atoms with Crippen molar-refractivity contribution in [2.45, 2.75) is 118 Å². The Bertz CT molecular complexity index is 868. The van der Waals surface area contributed by atoms with Gasteiger partial charge < -0.3 is 23.7 Å². The summed E-state index contributed by atoms with van der Waals surface area (Å²) >= 11 is 0. The van der Waals surface area contributed by atoms with Crippen molar-refractivity contribution in [3.8, 4) is 0 Å². The molecular weight excluding hydrogens is 500 g/mol. The van der Waals surface area contributed by atoms with Gasteiger partial charge in [-0.05, 0) is 97.2 Å². The zero-order chi connectivity index (χ0) is 29.0. The lowest BCUT2D eigenvalue weighted by atomic mass is 9.41. The topological polar surface area (TPSA) is 58.3 Å². The number of allylic oxidation sites excluding steroid dienone is 1. The van der Waals surface area contributed by atoms with E-state index in [0.717, 1.165) is 42.4 Å². The average molecular weight is 562 g/mol. The van der Waals surface area contributed by atoms with Crippen LogP contribution >= 0.6 is 0 Å². The molecule has 0 spiro atoms. The fourth-order valence-electron chi connectivity index (χ4n) is 10.2. The van der Waals surface area contributed by atoms with Crippen LogP contribution in [0.2, 0.25) is 0 Å². The molecule has 0 unspecified atom stereocenters. The summed E-state index contributed by atoms with van der Waals surface area (Å²) in [4.78, 5) is 9.25. The second kappa shape index (κ2) is 13.6. The maximum atomic E-state index is 9.25. The van der Waals surface area contributed by atoms with Crippen LogP contribution in [0, 0.1) is 45.8 Å². The number of carbonyl (C=O) groups excluding carboxylic acids is 1. The summed E-state index contributed by atoms with van der Waals surface area (Å²) in [5.41, 5.74) is 3.00. The van der Waals surface area contributed by atoms with Gasteiger partial charge in [-0.1, -0.05) is 72.5 Å². The molecule has 0 radical (unpaired) electrons. The molecule has 230 valence electrons. The molecule has 0 heterocycles. The van der Waals surface area contributed by atoms with Crippen molar-refractivity contribution in [2.75, 3.05) is 40.1 Å². The van der Waals surface area contributed by atoms with E-state index < -0.39 is 0 Å². The monoisotopic (exact) mass is 561 g/mol. The number of fused-ring (bicyclic) bond motifs is 5. The second-order valence-electron chi connectivity index (χ2n) is 15.0. The van der Waals surface area contributed by atoms with E-state index in [9.17, 15) is 4.79 Å². The number of methoxy groups -OCH3 is 1. The first kappa shape index (κ1) is 32.0. The smallest absolute Gasteiger partial charge is 0.377 e. The van der Waals surface area contributed by atoms with Crippen LogP contribution in [0.15, 0.2) is 11.6 Å². The Kier molecular flexibility index (Phi) is 10.9. The maximum Gasteiger partial charge on any atom is 0.509 e. The van der Waals surface area contributed by atoms with E-state index >= 15 is 0 Å². The largest absolute Gasteiger partial charge is 0.509 e. The summed E-state index contributed by atoms with van der Waals surface area (Å²) < 4.78 is 21.9. The lowest BCUT2D eigenvalue weighted by Crippen LogP contribution is -2.56. The quantitative estimate of drug-likeness (QED) is 0.0933. The summed E-state index contributed by atoms with van der Waals surface area (Å²) in [6.07, 6.45) is 17.7. The van der Waals surface area contributed by atoms with Crippen LogP contribution in [0.1, 0.15) is 112 Å². The van der Waals surface area contributed by atoms with Crippen molar-refractivity contribution in [1.29, 1.82) is 0 Å². The number of ether oxygens (including phenoxy) is 4. The van der Waals surface area contributed by atoms with E-state index in [0.29, 0.717) is 48.8 Å². The van der Waals surface area contributed by atoms with Crippen molar-refractivity contribution in [2.24, 2.45) is 45.8 Å². The third kappa shape index (κ3) is 6.67. The van der Waals surface area contributed by atoms with Crippen LogP contribution in [-0.2, 0) is 18.9 Å². The van der Waals surface area contributed by atoms with Gasteiger partial charge in [0.1, 0.15) is 0 Å². The summed E-state index contributed by atoms with van der Waals surface area (Å²) in [5.74, 6) is 4.19. The van der Waals surface area contributed by atoms with Crippen LogP contribution in [-0.4, -0.2) is 57.0 Å². The fourth-order valence-corrected chi connectivity index (χ4v) is 10.2. The Hall–Kier alpha value is -0.910. The van der Waals surface area contributed by atoms with Crippen LogP contribution in [0.25, 0.3) is 0 Å². The van der Waals surface area contributed by atoms with Gasteiger partial charge in [0.05, 0.1) is 32.5 Å². The highest BCUT2D eigenvalue weighted by molar-refractivity contribution is 5.71. The lowest BCUT2D eigenvalue weighted by Gasteiger charge is -2.63.